The van der Waals surface area contributed by atoms with E-state index in [9.17, 15) is 4.79 Å². The second kappa shape index (κ2) is 5.55. The van der Waals surface area contributed by atoms with Crippen LogP contribution in [0.5, 0.6) is 0 Å². The average molecular weight is 316 g/mol. The van der Waals surface area contributed by atoms with Crippen LogP contribution in [0, 0.1) is 11.3 Å². The Kier molecular flexibility index (Phi) is 3.83. The van der Waals surface area contributed by atoms with Crippen molar-refractivity contribution in [3.8, 4) is 6.07 Å². The Hall–Kier alpha value is -2.32. The lowest BCUT2D eigenvalue weighted by Gasteiger charge is -2.07. The number of nitrogens with one attached hydrogen (secondary N) is 1. The van der Waals surface area contributed by atoms with Gasteiger partial charge < -0.3 is 11.1 Å². The molecule has 2 aromatic carbocycles. The minimum Gasteiger partial charge on any atom is -0.399 e. The van der Waals surface area contributed by atoms with Crippen molar-refractivity contribution in [3.05, 3.63) is 58.1 Å². The summed E-state index contributed by atoms with van der Waals surface area (Å²) < 4.78 is 0.728. The summed E-state index contributed by atoms with van der Waals surface area (Å²) in [5.74, 6) is -0.310. The third-order valence-corrected chi connectivity index (χ3v) is 2.94. The summed E-state index contributed by atoms with van der Waals surface area (Å²) in [6, 6.07) is 13.8. The van der Waals surface area contributed by atoms with Crippen molar-refractivity contribution in [3.63, 3.8) is 0 Å². The van der Waals surface area contributed by atoms with Crippen molar-refractivity contribution in [2.45, 2.75) is 0 Å². The molecule has 19 heavy (non-hydrogen) atoms. The molecule has 0 saturated heterocycles. The van der Waals surface area contributed by atoms with Gasteiger partial charge in [0.25, 0.3) is 5.91 Å². The highest BCUT2D eigenvalue weighted by atomic mass is 79.9. The van der Waals surface area contributed by atoms with Gasteiger partial charge in [-0.2, -0.15) is 5.26 Å². The molecule has 0 bridgehead atoms. The van der Waals surface area contributed by atoms with E-state index in [0.29, 0.717) is 22.5 Å². The van der Waals surface area contributed by atoms with Crippen LogP contribution in [-0.4, -0.2) is 5.91 Å². The molecule has 0 spiro atoms. The maximum atomic E-state index is 12.1. The quantitative estimate of drug-likeness (QED) is 0.835. The van der Waals surface area contributed by atoms with Crippen LogP contribution in [-0.2, 0) is 0 Å². The Morgan fingerprint density at radius 1 is 1.26 bits per heavy atom. The fourth-order valence-electron chi connectivity index (χ4n) is 1.63. The van der Waals surface area contributed by atoms with Crippen LogP contribution in [0.1, 0.15) is 15.9 Å². The van der Waals surface area contributed by atoms with Crippen molar-refractivity contribution in [2.75, 3.05) is 11.1 Å². The Bertz CT molecular complexity index is 656. The van der Waals surface area contributed by atoms with Gasteiger partial charge in [0, 0.05) is 15.7 Å². The highest BCUT2D eigenvalue weighted by Crippen LogP contribution is 2.19. The summed E-state index contributed by atoms with van der Waals surface area (Å²) in [5, 5.41) is 11.7. The number of nitrogens with two attached hydrogens (primary N) is 1. The smallest absolute Gasteiger partial charge is 0.255 e. The first-order chi connectivity index (χ1) is 9.10. The summed E-state index contributed by atoms with van der Waals surface area (Å²) in [6.07, 6.45) is 0. The second-order valence-electron chi connectivity index (χ2n) is 3.88. The van der Waals surface area contributed by atoms with Crippen LogP contribution < -0.4 is 11.1 Å². The molecule has 0 radical (unpaired) electrons. The molecular formula is C14H10BrN3O. The number of hydrogen-bond acceptors (Lipinski definition) is 3. The van der Waals surface area contributed by atoms with Crippen LogP contribution in [0.2, 0.25) is 0 Å². The monoisotopic (exact) mass is 315 g/mol. The van der Waals surface area contributed by atoms with Crippen molar-refractivity contribution in [1.82, 2.24) is 0 Å². The van der Waals surface area contributed by atoms with Gasteiger partial charge in [0.15, 0.2) is 0 Å². The topological polar surface area (TPSA) is 78.9 Å². The van der Waals surface area contributed by atoms with E-state index in [1.54, 1.807) is 42.5 Å². The van der Waals surface area contributed by atoms with E-state index >= 15 is 0 Å². The maximum Gasteiger partial charge on any atom is 0.255 e. The maximum absolute atomic E-state index is 12.1. The number of carbonyl (C=O) groups is 1. The average Bonchev–Trinajstić information content (AvgIpc) is 2.38. The van der Waals surface area contributed by atoms with Gasteiger partial charge in [0.2, 0.25) is 0 Å². The molecule has 0 aliphatic rings. The SMILES string of the molecule is N#Cc1ccccc1NC(=O)c1cc(N)cc(Br)c1. The molecule has 0 atom stereocenters. The predicted molar refractivity (Wildman–Crippen MR) is 77.7 cm³/mol. The molecule has 1 amide bonds. The zero-order valence-corrected chi connectivity index (χ0v) is 11.4. The molecule has 0 saturated carbocycles. The molecule has 0 aromatic heterocycles. The molecule has 0 fully saturated rings. The van der Waals surface area contributed by atoms with Crippen LogP contribution in [0.15, 0.2) is 46.9 Å². The second-order valence-corrected chi connectivity index (χ2v) is 4.80. The molecule has 2 rings (SSSR count). The summed E-state index contributed by atoms with van der Waals surface area (Å²) in [7, 11) is 0. The first kappa shape index (κ1) is 13.1. The molecule has 94 valence electrons. The van der Waals surface area contributed by atoms with E-state index in [-0.39, 0.29) is 5.91 Å². The summed E-state index contributed by atoms with van der Waals surface area (Å²) >= 11 is 3.28. The third-order valence-electron chi connectivity index (χ3n) is 2.48. The minimum atomic E-state index is -0.310. The number of nitrogen functional groups attached to an aromatic ring is 1. The van der Waals surface area contributed by atoms with Crippen molar-refractivity contribution in [1.29, 1.82) is 5.26 Å². The number of nitriles is 1. The van der Waals surface area contributed by atoms with E-state index in [1.807, 2.05) is 6.07 Å². The number of nitrogens with zero attached hydrogens (tertiary/aromatic N) is 1. The van der Waals surface area contributed by atoms with Gasteiger partial charge in [-0.15, -0.1) is 0 Å². The molecule has 3 N–H and O–H groups in total. The third kappa shape index (κ3) is 3.12. The van der Waals surface area contributed by atoms with Crippen molar-refractivity contribution < 1.29 is 4.79 Å². The van der Waals surface area contributed by atoms with Crippen LogP contribution in [0.25, 0.3) is 0 Å². The Labute approximate surface area is 119 Å². The van der Waals surface area contributed by atoms with E-state index < -0.39 is 0 Å². The fraction of sp³-hybridized carbons (Fsp3) is 0. The van der Waals surface area contributed by atoms with Gasteiger partial charge in [-0.25, -0.2) is 0 Å². The Morgan fingerprint density at radius 3 is 2.68 bits per heavy atom. The van der Waals surface area contributed by atoms with Gasteiger partial charge in [-0.3, -0.25) is 4.79 Å². The molecular weight excluding hydrogens is 306 g/mol. The lowest BCUT2D eigenvalue weighted by Crippen LogP contribution is -2.13. The summed E-state index contributed by atoms with van der Waals surface area (Å²) in [5.41, 5.74) is 7.50. The molecule has 0 aliphatic carbocycles. The molecule has 4 nitrogen and oxygen atoms in total. The summed E-state index contributed by atoms with van der Waals surface area (Å²) in [6.45, 7) is 0. The Balaban J connectivity index is 2.29. The van der Waals surface area contributed by atoms with Crippen LogP contribution in [0.3, 0.4) is 0 Å². The van der Waals surface area contributed by atoms with E-state index in [0.717, 1.165) is 4.47 Å². The molecule has 0 heterocycles. The lowest BCUT2D eigenvalue weighted by molar-refractivity contribution is 0.102. The highest BCUT2D eigenvalue weighted by molar-refractivity contribution is 9.10. The van der Waals surface area contributed by atoms with Gasteiger partial charge in [-0.05, 0) is 30.3 Å². The zero-order chi connectivity index (χ0) is 13.8. The van der Waals surface area contributed by atoms with Gasteiger partial charge in [0.05, 0.1) is 11.3 Å². The zero-order valence-electron chi connectivity index (χ0n) is 9.85. The van der Waals surface area contributed by atoms with Crippen molar-refractivity contribution >= 4 is 33.2 Å². The van der Waals surface area contributed by atoms with Gasteiger partial charge >= 0.3 is 0 Å². The fourth-order valence-corrected chi connectivity index (χ4v) is 2.14. The van der Waals surface area contributed by atoms with E-state index in [1.165, 1.54) is 0 Å². The number of benzene rings is 2. The number of hydrogen-bond donors (Lipinski definition) is 2. The van der Waals surface area contributed by atoms with E-state index in [4.69, 9.17) is 11.0 Å². The van der Waals surface area contributed by atoms with Crippen molar-refractivity contribution in [2.24, 2.45) is 0 Å². The number of amides is 1. The van der Waals surface area contributed by atoms with Gasteiger partial charge in [0.1, 0.15) is 6.07 Å². The largest absolute Gasteiger partial charge is 0.399 e. The van der Waals surface area contributed by atoms with Crippen LogP contribution in [0.4, 0.5) is 11.4 Å². The first-order valence-electron chi connectivity index (χ1n) is 5.46. The lowest BCUT2D eigenvalue weighted by atomic mass is 10.1. The Morgan fingerprint density at radius 2 is 2.00 bits per heavy atom. The first-order valence-corrected chi connectivity index (χ1v) is 6.26. The van der Waals surface area contributed by atoms with Crippen LogP contribution >= 0.6 is 15.9 Å². The van der Waals surface area contributed by atoms with E-state index in [2.05, 4.69) is 21.2 Å². The standard InChI is InChI=1S/C14H10BrN3O/c15-11-5-10(6-12(17)7-11)14(19)18-13-4-2-1-3-9(13)8-16/h1-7H,17H2,(H,18,19). The normalized spacial score (nSPS) is 9.68. The number of para-hydroxylation sites is 1. The number of rotatable bonds is 2. The number of carbonyl (C=O) groups excluding carboxylic acids is 1. The number of anilines is 2. The predicted octanol–water partition coefficient (Wildman–Crippen LogP) is 3.16. The number of halogens is 1. The molecule has 2 aromatic rings. The van der Waals surface area contributed by atoms with Gasteiger partial charge in [-0.1, -0.05) is 28.1 Å². The highest BCUT2D eigenvalue weighted by Gasteiger charge is 2.10. The minimum absolute atomic E-state index is 0.310. The summed E-state index contributed by atoms with van der Waals surface area (Å²) in [4.78, 5) is 12.1. The molecule has 0 aliphatic heterocycles. The molecule has 5 heteroatoms. The molecule has 0 unspecified atom stereocenters.